The molecule has 0 atom stereocenters. The highest BCUT2D eigenvalue weighted by atomic mass is 79.9. The van der Waals surface area contributed by atoms with Crippen molar-refractivity contribution in [1.82, 2.24) is 0 Å². The van der Waals surface area contributed by atoms with Gasteiger partial charge in [-0.15, -0.1) is 0 Å². The fourth-order valence-electron chi connectivity index (χ4n) is 1.51. The lowest BCUT2D eigenvalue weighted by atomic mass is 10.3. The maximum Gasteiger partial charge on any atom is 0.263 e. The molecule has 0 aliphatic rings. The number of anilines is 1. The summed E-state index contributed by atoms with van der Waals surface area (Å²) >= 11 is 20.5. The molecule has 0 unspecified atom stereocenters. The molecule has 0 heterocycles. The van der Waals surface area contributed by atoms with Gasteiger partial charge in [0.1, 0.15) is 10.7 Å². The second-order valence-corrected chi connectivity index (χ2v) is 7.68. The first kappa shape index (κ1) is 16.8. The van der Waals surface area contributed by atoms with Crippen LogP contribution in [0.4, 0.5) is 10.1 Å². The van der Waals surface area contributed by atoms with E-state index >= 15 is 0 Å². The molecule has 2 aromatic carbocycles. The Morgan fingerprint density at radius 2 is 1.71 bits per heavy atom. The van der Waals surface area contributed by atoms with Gasteiger partial charge in [-0.2, -0.15) is 0 Å². The smallest absolute Gasteiger partial charge is 0.263 e. The van der Waals surface area contributed by atoms with E-state index in [-0.39, 0.29) is 30.1 Å². The van der Waals surface area contributed by atoms with Crippen LogP contribution >= 0.6 is 50.7 Å². The van der Waals surface area contributed by atoms with Gasteiger partial charge in [-0.3, -0.25) is 4.72 Å². The summed E-state index contributed by atoms with van der Waals surface area (Å²) in [4.78, 5) is -0.205. The maximum absolute atomic E-state index is 13.2. The SMILES string of the molecule is O=S(=O)(Nc1c(Cl)cc(F)cc1Br)c1cc(Cl)ccc1Cl. The Balaban J connectivity index is 2.50. The number of rotatable bonds is 3. The number of nitrogens with one attached hydrogen (secondary N) is 1. The highest BCUT2D eigenvalue weighted by Gasteiger charge is 2.21. The van der Waals surface area contributed by atoms with Crippen molar-refractivity contribution >= 4 is 66.4 Å². The molecule has 0 spiro atoms. The van der Waals surface area contributed by atoms with Gasteiger partial charge in [0.25, 0.3) is 10.0 Å². The molecule has 112 valence electrons. The van der Waals surface area contributed by atoms with Crippen LogP contribution in [0, 0.1) is 5.82 Å². The van der Waals surface area contributed by atoms with Crippen LogP contribution in [0.3, 0.4) is 0 Å². The van der Waals surface area contributed by atoms with Gasteiger partial charge in [-0.1, -0.05) is 34.8 Å². The summed E-state index contributed by atoms with van der Waals surface area (Å²) < 4.78 is 40.2. The van der Waals surface area contributed by atoms with Gasteiger partial charge in [0, 0.05) is 9.50 Å². The van der Waals surface area contributed by atoms with Crippen LogP contribution in [0.25, 0.3) is 0 Å². The Morgan fingerprint density at radius 3 is 2.33 bits per heavy atom. The fourth-order valence-corrected chi connectivity index (χ4v) is 4.46. The first-order chi connectivity index (χ1) is 9.70. The minimum absolute atomic E-state index is 0.00116. The van der Waals surface area contributed by atoms with Gasteiger partial charge in [-0.05, 0) is 46.3 Å². The van der Waals surface area contributed by atoms with Crippen molar-refractivity contribution < 1.29 is 12.8 Å². The van der Waals surface area contributed by atoms with Crippen LogP contribution < -0.4 is 4.72 Å². The molecule has 0 aromatic heterocycles. The van der Waals surface area contributed by atoms with Crippen LogP contribution in [0.5, 0.6) is 0 Å². The molecular formula is C12H6BrCl3FNO2S. The van der Waals surface area contributed by atoms with Gasteiger partial charge in [0.15, 0.2) is 0 Å². The zero-order chi connectivity index (χ0) is 15.8. The minimum atomic E-state index is -4.03. The second-order valence-electron chi connectivity index (χ2n) is 3.92. The lowest BCUT2D eigenvalue weighted by molar-refractivity contribution is 0.601. The molecular weight excluding hydrogens is 427 g/mol. The third-order valence-electron chi connectivity index (χ3n) is 2.43. The van der Waals surface area contributed by atoms with E-state index < -0.39 is 15.8 Å². The van der Waals surface area contributed by atoms with Crippen LogP contribution in [-0.4, -0.2) is 8.42 Å². The van der Waals surface area contributed by atoms with Crippen molar-refractivity contribution in [2.24, 2.45) is 0 Å². The average molecular weight is 434 g/mol. The van der Waals surface area contributed by atoms with E-state index in [1.807, 2.05) is 0 Å². The van der Waals surface area contributed by atoms with Gasteiger partial charge < -0.3 is 0 Å². The molecule has 0 saturated carbocycles. The zero-order valence-corrected chi connectivity index (χ0v) is 14.7. The van der Waals surface area contributed by atoms with Crippen molar-refractivity contribution in [3.63, 3.8) is 0 Å². The average Bonchev–Trinajstić information content (AvgIpc) is 2.36. The molecule has 1 N–H and O–H groups in total. The predicted octanol–water partition coefficient (Wildman–Crippen LogP) is 5.35. The van der Waals surface area contributed by atoms with Gasteiger partial charge in [-0.25, -0.2) is 12.8 Å². The van der Waals surface area contributed by atoms with Crippen LogP contribution in [-0.2, 0) is 10.0 Å². The summed E-state index contributed by atoms with van der Waals surface area (Å²) in [5.41, 5.74) is 0.00843. The number of benzene rings is 2. The first-order valence-electron chi connectivity index (χ1n) is 5.33. The van der Waals surface area contributed by atoms with Crippen molar-refractivity contribution in [1.29, 1.82) is 0 Å². The minimum Gasteiger partial charge on any atom is -0.277 e. The summed E-state index contributed by atoms with van der Waals surface area (Å²) in [6.45, 7) is 0. The van der Waals surface area contributed by atoms with Gasteiger partial charge in [0.05, 0.1) is 15.7 Å². The fraction of sp³-hybridized carbons (Fsp3) is 0. The van der Waals surface area contributed by atoms with Crippen molar-refractivity contribution in [3.8, 4) is 0 Å². The van der Waals surface area contributed by atoms with E-state index in [2.05, 4.69) is 20.7 Å². The van der Waals surface area contributed by atoms with E-state index in [1.54, 1.807) is 0 Å². The standard InChI is InChI=1S/C12H6BrCl3FNO2S/c13-8-4-7(17)5-10(16)12(8)18-21(19,20)11-3-6(14)1-2-9(11)15/h1-5,18H. The Morgan fingerprint density at radius 1 is 1.05 bits per heavy atom. The highest BCUT2D eigenvalue weighted by molar-refractivity contribution is 9.10. The van der Waals surface area contributed by atoms with E-state index in [0.29, 0.717) is 0 Å². The van der Waals surface area contributed by atoms with Crippen molar-refractivity contribution in [2.75, 3.05) is 4.72 Å². The van der Waals surface area contributed by atoms with Crippen molar-refractivity contribution in [2.45, 2.75) is 4.90 Å². The van der Waals surface area contributed by atoms with E-state index in [1.165, 1.54) is 18.2 Å². The zero-order valence-electron chi connectivity index (χ0n) is 10.0. The van der Waals surface area contributed by atoms with E-state index in [4.69, 9.17) is 34.8 Å². The molecule has 0 bridgehead atoms. The predicted molar refractivity (Wildman–Crippen MR) is 86.4 cm³/mol. The Hall–Kier alpha value is -0.530. The van der Waals surface area contributed by atoms with Crippen LogP contribution in [0.1, 0.15) is 0 Å². The molecule has 9 heteroatoms. The number of hydrogen-bond donors (Lipinski definition) is 1. The number of halogens is 5. The molecule has 3 nitrogen and oxygen atoms in total. The third-order valence-corrected chi connectivity index (χ3v) is 5.42. The molecule has 0 amide bonds. The Labute approximate surface area is 144 Å². The van der Waals surface area contributed by atoms with Gasteiger partial charge in [0.2, 0.25) is 0 Å². The molecule has 0 aliphatic carbocycles. The molecule has 2 aromatic rings. The summed E-state index contributed by atoms with van der Waals surface area (Å²) in [6.07, 6.45) is 0. The second kappa shape index (κ2) is 6.30. The molecule has 0 saturated heterocycles. The van der Waals surface area contributed by atoms with Crippen LogP contribution in [0.15, 0.2) is 39.7 Å². The number of hydrogen-bond acceptors (Lipinski definition) is 2. The normalized spacial score (nSPS) is 11.5. The molecule has 2 rings (SSSR count). The first-order valence-corrected chi connectivity index (χ1v) is 8.74. The largest absolute Gasteiger partial charge is 0.277 e. The molecule has 0 aliphatic heterocycles. The number of sulfonamides is 1. The van der Waals surface area contributed by atoms with Gasteiger partial charge >= 0.3 is 0 Å². The van der Waals surface area contributed by atoms with E-state index in [0.717, 1.165) is 12.1 Å². The molecule has 0 radical (unpaired) electrons. The molecule has 21 heavy (non-hydrogen) atoms. The lowest BCUT2D eigenvalue weighted by Crippen LogP contribution is -2.14. The van der Waals surface area contributed by atoms with Crippen LogP contribution in [0.2, 0.25) is 15.1 Å². The molecule has 0 fully saturated rings. The Kier molecular flexibility index (Phi) is 5.05. The summed E-state index contributed by atoms with van der Waals surface area (Å²) in [5.74, 6) is -0.601. The quantitative estimate of drug-likeness (QED) is 0.709. The summed E-state index contributed by atoms with van der Waals surface area (Å²) in [7, 11) is -4.03. The third kappa shape index (κ3) is 3.81. The summed E-state index contributed by atoms with van der Waals surface area (Å²) in [6, 6.07) is 6.11. The van der Waals surface area contributed by atoms with Crippen molar-refractivity contribution in [3.05, 3.63) is 55.7 Å². The summed E-state index contributed by atoms with van der Waals surface area (Å²) in [5, 5.41) is 0.119. The topological polar surface area (TPSA) is 46.2 Å². The maximum atomic E-state index is 13.2. The van der Waals surface area contributed by atoms with E-state index in [9.17, 15) is 12.8 Å². The monoisotopic (exact) mass is 431 g/mol. The lowest BCUT2D eigenvalue weighted by Gasteiger charge is -2.12. The Bertz CT molecular complexity index is 791. The highest BCUT2D eigenvalue weighted by Crippen LogP contribution is 2.34.